The monoisotopic (exact) mass is 306 g/mol. The summed E-state index contributed by atoms with van der Waals surface area (Å²) in [5.41, 5.74) is 1.82. The minimum absolute atomic E-state index is 0.131. The quantitative estimate of drug-likeness (QED) is 0.746. The molecule has 2 unspecified atom stereocenters. The fraction of sp³-hybridized carbons (Fsp3) is 0.588. The molecule has 2 atom stereocenters. The molecule has 1 fully saturated rings. The summed E-state index contributed by atoms with van der Waals surface area (Å²) in [6.07, 6.45) is 2.19. The number of aliphatic hydroxyl groups is 2. The zero-order valence-corrected chi connectivity index (χ0v) is 13.2. The van der Waals surface area contributed by atoms with Crippen LogP contribution in [-0.4, -0.2) is 41.9 Å². The predicted octanol–water partition coefficient (Wildman–Crippen LogP) is 1.60. The van der Waals surface area contributed by atoms with Crippen LogP contribution >= 0.6 is 0 Å². The first-order valence-electron chi connectivity index (χ1n) is 8.03. The standard InChI is InChI=1S/C17H26N2O3/c1-13(20)18-9-8-16(21)17(22)14-6-5-7-15(12-14)19-10-3-2-4-11-19/h5-7,12,16-17,21-22H,2-4,8-11H2,1H3,(H,18,20). The number of hydrogen-bond donors (Lipinski definition) is 3. The summed E-state index contributed by atoms with van der Waals surface area (Å²) < 4.78 is 0. The van der Waals surface area contributed by atoms with Gasteiger partial charge in [-0.1, -0.05) is 12.1 Å². The number of carbonyl (C=O) groups is 1. The Morgan fingerprint density at radius 2 is 2.00 bits per heavy atom. The number of hydrogen-bond acceptors (Lipinski definition) is 4. The van der Waals surface area contributed by atoms with E-state index >= 15 is 0 Å². The van der Waals surface area contributed by atoms with Crippen molar-refractivity contribution in [1.82, 2.24) is 5.32 Å². The van der Waals surface area contributed by atoms with E-state index in [4.69, 9.17) is 0 Å². The predicted molar refractivity (Wildman–Crippen MR) is 86.8 cm³/mol. The lowest BCUT2D eigenvalue weighted by Gasteiger charge is -2.29. The van der Waals surface area contributed by atoms with Gasteiger partial charge in [-0.15, -0.1) is 0 Å². The van der Waals surface area contributed by atoms with Crippen LogP contribution in [0.2, 0.25) is 0 Å². The molecule has 0 spiro atoms. The Labute approximate surface area is 131 Å². The summed E-state index contributed by atoms with van der Waals surface area (Å²) in [5.74, 6) is -0.131. The largest absolute Gasteiger partial charge is 0.390 e. The van der Waals surface area contributed by atoms with Crippen LogP contribution in [0.4, 0.5) is 5.69 Å². The van der Waals surface area contributed by atoms with Crippen molar-refractivity contribution in [2.75, 3.05) is 24.5 Å². The van der Waals surface area contributed by atoms with E-state index in [1.54, 1.807) is 0 Å². The molecular formula is C17H26N2O3. The summed E-state index contributed by atoms with van der Waals surface area (Å²) in [6, 6.07) is 7.76. The minimum Gasteiger partial charge on any atom is -0.390 e. The van der Waals surface area contributed by atoms with Gasteiger partial charge >= 0.3 is 0 Å². The SMILES string of the molecule is CC(=O)NCCC(O)C(O)c1cccc(N2CCCCC2)c1. The van der Waals surface area contributed by atoms with Crippen molar-refractivity contribution < 1.29 is 15.0 Å². The zero-order chi connectivity index (χ0) is 15.9. The van der Waals surface area contributed by atoms with Gasteiger partial charge in [0.25, 0.3) is 0 Å². The van der Waals surface area contributed by atoms with Crippen molar-refractivity contribution in [1.29, 1.82) is 0 Å². The van der Waals surface area contributed by atoms with Gasteiger partial charge in [0.15, 0.2) is 0 Å². The highest BCUT2D eigenvalue weighted by Crippen LogP contribution is 2.25. The zero-order valence-electron chi connectivity index (χ0n) is 13.2. The lowest BCUT2D eigenvalue weighted by molar-refractivity contribution is -0.119. The number of piperidine rings is 1. The summed E-state index contributed by atoms with van der Waals surface area (Å²) >= 11 is 0. The maximum atomic E-state index is 10.8. The van der Waals surface area contributed by atoms with E-state index in [9.17, 15) is 15.0 Å². The maximum absolute atomic E-state index is 10.8. The Morgan fingerprint density at radius 3 is 2.68 bits per heavy atom. The van der Waals surface area contributed by atoms with Gasteiger partial charge < -0.3 is 20.4 Å². The van der Waals surface area contributed by atoms with Crippen LogP contribution in [0.15, 0.2) is 24.3 Å². The van der Waals surface area contributed by atoms with Crippen molar-refractivity contribution in [3.8, 4) is 0 Å². The molecule has 1 aromatic rings. The molecule has 22 heavy (non-hydrogen) atoms. The second-order valence-electron chi connectivity index (χ2n) is 5.93. The molecule has 1 saturated heterocycles. The van der Waals surface area contributed by atoms with Crippen LogP contribution in [0.25, 0.3) is 0 Å². The van der Waals surface area contributed by atoms with Gasteiger partial charge in [0.05, 0.1) is 6.10 Å². The Morgan fingerprint density at radius 1 is 1.27 bits per heavy atom. The number of anilines is 1. The lowest BCUT2D eigenvalue weighted by Crippen LogP contribution is -2.30. The summed E-state index contributed by atoms with van der Waals surface area (Å²) in [4.78, 5) is 13.1. The van der Waals surface area contributed by atoms with Gasteiger partial charge in [-0.25, -0.2) is 0 Å². The molecule has 2 rings (SSSR count). The molecule has 1 amide bonds. The van der Waals surface area contributed by atoms with Gasteiger partial charge in [0.1, 0.15) is 6.10 Å². The van der Waals surface area contributed by atoms with Crippen LogP contribution in [-0.2, 0) is 4.79 Å². The van der Waals surface area contributed by atoms with E-state index in [1.165, 1.54) is 26.2 Å². The number of amides is 1. The second-order valence-corrected chi connectivity index (χ2v) is 5.93. The van der Waals surface area contributed by atoms with Gasteiger partial charge in [0.2, 0.25) is 5.91 Å². The highest BCUT2D eigenvalue weighted by Gasteiger charge is 2.19. The van der Waals surface area contributed by atoms with Crippen molar-refractivity contribution in [2.45, 2.75) is 44.8 Å². The van der Waals surface area contributed by atoms with E-state index in [2.05, 4.69) is 10.2 Å². The van der Waals surface area contributed by atoms with Crippen LogP contribution in [0.5, 0.6) is 0 Å². The molecule has 1 aromatic carbocycles. The van der Waals surface area contributed by atoms with Crippen LogP contribution in [0.3, 0.4) is 0 Å². The highest BCUT2D eigenvalue weighted by molar-refractivity contribution is 5.72. The second kappa shape index (κ2) is 8.15. The fourth-order valence-corrected chi connectivity index (χ4v) is 2.83. The molecule has 122 valence electrons. The molecule has 1 aliphatic rings. The van der Waals surface area contributed by atoms with E-state index in [0.717, 1.165) is 24.3 Å². The Kier molecular flexibility index (Phi) is 6.21. The molecule has 0 aliphatic carbocycles. The first-order valence-corrected chi connectivity index (χ1v) is 8.03. The molecule has 3 N–H and O–H groups in total. The van der Waals surface area contributed by atoms with E-state index < -0.39 is 12.2 Å². The smallest absolute Gasteiger partial charge is 0.216 e. The van der Waals surface area contributed by atoms with Crippen molar-refractivity contribution in [2.24, 2.45) is 0 Å². The Hall–Kier alpha value is -1.59. The summed E-state index contributed by atoms with van der Waals surface area (Å²) in [7, 11) is 0. The maximum Gasteiger partial charge on any atom is 0.216 e. The molecule has 0 aromatic heterocycles. The molecule has 5 nitrogen and oxygen atoms in total. The summed E-state index contributed by atoms with van der Waals surface area (Å²) in [5, 5.41) is 23.0. The van der Waals surface area contributed by atoms with Crippen LogP contribution in [0, 0.1) is 0 Å². The highest BCUT2D eigenvalue weighted by atomic mass is 16.3. The van der Waals surface area contributed by atoms with E-state index in [1.807, 2.05) is 24.3 Å². The average molecular weight is 306 g/mol. The molecular weight excluding hydrogens is 280 g/mol. The van der Waals surface area contributed by atoms with E-state index in [-0.39, 0.29) is 5.91 Å². The molecule has 1 aliphatic heterocycles. The van der Waals surface area contributed by atoms with Crippen molar-refractivity contribution in [3.05, 3.63) is 29.8 Å². The molecule has 0 bridgehead atoms. The first kappa shape index (κ1) is 16.8. The van der Waals surface area contributed by atoms with E-state index in [0.29, 0.717) is 13.0 Å². The third kappa shape index (κ3) is 4.71. The van der Waals surface area contributed by atoms with Crippen LogP contribution < -0.4 is 10.2 Å². The van der Waals surface area contributed by atoms with Gasteiger partial charge in [0, 0.05) is 32.2 Å². The van der Waals surface area contributed by atoms with Gasteiger partial charge in [-0.05, 0) is 43.4 Å². The third-order valence-electron chi connectivity index (χ3n) is 4.11. The Balaban J connectivity index is 1.96. The van der Waals surface area contributed by atoms with Gasteiger partial charge in [-0.2, -0.15) is 0 Å². The topological polar surface area (TPSA) is 72.8 Å². The molecule has 1 heterocycles. The molecule has 0 radical (unpaired) electrons. The number of carbonyl (C=O) groups excluding carboxylic acids is 1. The number of aliphatic hydroxyl groups excluding tert-OH is 2. The number of rotatable bonds is 6. The summed E-state index contributed by atoms with van der Waals surface area (Å²) in [6.45, 7) is 3.89. The van der Waals surface area contributed by atoms with Crippen LogP contribution in [0.1, 0.15) is 44.3 Å². The number of nitrogens with one attached hydrogen (secondary N) is 1. The first-order chi connectivity index (χ1) is 10.6. The Bertz CT molecular complexity index is 487. The average Bonchev–Trinajstić information content (AvgIpc) is 2.54. The van der Waals surface area contributed by atoms with Gasteiger partial charge in [-0.3, -0.25) is 4.79 Å². The molecule has 0 saturated carbocycles. The van der Waals surface area contributed by atoms with Crippen molar-refractivity contribution >= 4 is 11.6 Å². The normalized spacial score (nSPS) is 17.9. The van der Waals surface area contributed by atoms with Crippen molar-refractivity contribution in [3.63, 3.8) is 0 Å². The molecule has 5 heteroatoms. The minimum atomic E-state index is -0.932. The lowest BCUT2D eigenvalue weighted by atomic mass is 10.0. The number of benzene rings is 1. The number of nitrogens with zero attached hydrogens (tertiary/aromatic N) is 1. The third-order valence-corrected chi connectivity index (χ3v) is 4.11. The fourth-order valence-electron chi connectivity index (χ4n) is 2.83.